The maximum atomic E-state index is 4.69. The smallest absolute Gasteiger partial charge is 0.191 e. The first kappa shape index (κ1) is 19.2. The Balaban J connectivity index is 1.90. The van der Waals surface area contributed by atoms with Crippen molar-refractivity contribution >= 4 is 11.6 Å². The van der Waals surface area contributed by atoms with E-state index >= 15 is 0 Å². The zero-order valence-corrected chi connectivity index (χ0v) is 16.2. The van der Waals surface area contributed by atoms with Gasteiger partial charge >= 0.3 is 0 Å². The van der Waals surface area contributed by atoms with Crippen LogP contribution in [0.15, 0.2) is 29.4 Å². The van der Waals surface area contributed by atoms with Gasteiger partial charge in [-0.2, -0.15) is 0 Å². The van der Waals surface area contributed by atoms with Gasteiger partial charge < -0.3 is 10.6 Å². The molecule has 0 bridgehead atoms. The van der Waals surface area contributed by atoms with Gasteiger partial charge in [0.25, 0.3) is 0 Å². The van der Waals surface area contributed by atoms with Crippen molar-refractivity contribution in [3.63, 3.8) is 0 Å². The SMILES string of the molecule is CCNC(=NCCc1nnc2ccccn12)NC(C)CCC(C)(C)C. The molecule has 0 aliphatic heterocycles. The number of hydrogen-bond donors (Lipinski definition) is 2. The summed E-state index contributed by atoms with van der Waals surface area (Å²) in [5, 5.41) is 15.3. The van der Waals surface area contributed by atoms with E-state index in [9.17, 15) is 0 Å². The van der Waals surface area contributed by atoms with E-state index in [0.717, 1.165) is 36.8 Å². The van der Waals surface area contributed by atoms with Gasteiger partial charge in [-0.3, -0.25) is 9.39 Å². The molecular weight excluding hydrogens is 312 g/mol. The summed E-state index contributed by atoms with van der Waals surface area (Å²) in [5.41, 5.74) is 1.24. The van der Waals surface area contributed by atoms with E-state index in [0.29, 0.717) is 18.0 Å². The summed E-state index contributed by atoms with van der Waals surface area (Å²) in [7, 11) is 0. The normalized spacial score (nSPS) is 13.9. The summed E-state index contributed by atoms with van der Waals surface area (Å²) in [4.78, 5) is 4.69. The Kier molecular flexibility index (Phi) is 6.79. The summed E-state index contributed by atoms with van der Waals surface area (Å²) in [6.45, 7) is 12.7. The zero-order chi connectivity index (χ0) is 18.3. The molecule has 2 heterocycles. The molecule has 0 amide bonds. The van der Waals surface area contributed by atoms with Crippen molar-refractivity contribution in [3.8, 4) is 0 Å². The molecule has 2 aromatic rings. The van der Waals surface area contributed by atoms with Crippen LogP contribution in [-0.2, 0) is 6.42 Å². The van der Waals surface area contributed by atoms with Crippen LogP contribution in [0.3, 0.4) is 0 Å². The van der Waals surface area contributed by atoms with Gasteiger partial charge in [0.2, 0.25) is 0 Å². The molecule has 138 valence electrons. The topological polar surface area (TPSA) is 66.6 Å². The quantitative estimate of drug-likeness (QED) is 0.598. The van der Waals surface area contributed by atoms with Gasteiger partial charge in [-0.1, -0.05) is 26.8 Å². The lowest BCUT2D eigenvalue weighted by Crippen LogP contribution is -2.42. The average molecular weight is 345 g/mol. The number of aliphatic imine (C=N–C) groups is 1. The lowest BCUT2D eigenvalue weighted by molar-refractivity contribution is 0.346. The third-order valence-electron chi connectivity index (χ3n) is 4.04. The van der Waals surface area contributed by atoms with E-state index < -0.39 is 0 Å². The van der Waals surface area contributed by atoms with Crippen LogP contribution in [0.1, 0.15) is 53.3 Å². The highest BCUT2D eigenvalue weighted by atomic mass is 15.2. The van der Waals surface area contributed by atoms with Crippen LogP contribution in [0.5, 0.6) is 0 Å². The minimum Gasteiger partial charge on any atom is -0.357 e. The lowest BCUT2D eigenvalue weighted by atomic mass is 9.89. The van der Waals surface area contributed by atoms with Gasteiger partial charge in [-0.05, 0) is 44.2 Å². The highest BCUT2D eigenvalue weighted by molar-refractivity contribution is 5.80. The van der Waals surface area contributed by atoms with Crippen molar-refractivity contribution in [1.82, 2.24) is 25.2 Å². The van der Waals surface area contributed by atoms with Crippen molar-refractivity contribution in [2.45, 2.75) is 59.9 Å². The molecule has 0 saturated heterocycles. The monoisotopic (exact) mass is 344 g/mol. The molecule has 0 spiro atoms. The number of guanidine groups is 1. The first-order valence-corrected chi connectivity index (χ1v) is 9.22. The highest BCUT2D eigenvalue weighted by Gasteiger charge is 2.13. The number of nitrogens with one attached hydrogen (secondary N) is 2. The maximum absolute atomic E-state index is 4.69. The molecule has 1 unspecified atom stereocenters. The highest BCUT2D eigenvalue weighted by Crippen LogP contribution is 2.21. The molecule has 0 radical (unpaired) electrons. The third kappa shape index (κ3) is 6.36. The molecule has 0 aliphatic carbocycles. The fourth-order valence-corrected chi connectivity index (χ4v) is 2.60. The van der Waals surface area contributed by atoms with Crippen molar-refractivity contribution < 1.29 is 0 Å². The predicted molar refractivity (Wildman–Crippen MR) is 104 cm³/mol. The van der Waals surface area contributed by atoms with Crippen LogP contribution < -0.4 is 10.6 Å². The van der Waals surface area contributed by atoms with E-state index in [1.807, 2.05) is 28.8 Å². The number of pyridine rings is 1. The molecule has 2 N–H and O–H groups in total. The second-order valence-corrected chi connectivity index (χ2v) is 7.70. The molecule has 2 aromatic heterocycles. The van der Waals surface area contributed by atoms with Crippen LogP contribution in [0.4, 0.5) is 0 Å². The predicted octanol–water partition coefficient (Wildman–Crippen LogP) is 3.04. The fraction of sp³-hybridized carbons (Fsp3) is 0.632. The number of nitrogens with zero attached hydrogens (tertiary/aromatic N) is 4. The van der Waals surface area contributed by atoms with E-state index in [-0.39, 0.29) is 0 Å². The Hall–Kier alpha value is -2.11. The Morgan fingerprint density at radius 2 is 2.08 bits per heavy atom. The van der Waals surface area contributed by atoms with Crippen molar-refractivity contribution in [2.24, 2.45) is 10.4 Å². The summed E-state index contributed by atoms with van der Waals surface area (Å²) >= 11 is 0. The molecule has 0 saturated carbocycles. The minimum absolute atomic E-state index is 0.361. The molecule has 1 atom stereocenters. The first-order valence-electron chi connectivity index (χ1n) is 9.22. The second kappa shape index (κ2) is 8.83. The number of hydrogen-bond acceptors (Lipinski definition) is 3. The standard InChI is InChI=1S/C19H32N6/c1-6-20-18(22-15(2)10-12-19(3,4)5)21-13-11-17-24-23-16-9-7-8-14-25(16)17/h7-9,14-15H,6,10-13H2,1-5H3,(H2,20,21,22). The van der Waals surface area contributed by atoms with E-state index in [1.54, 1.807) is 0 Å². The van der Waals surface area contributed by atoms with Gasteiger partial charge in [0, 0.05) is 31.7 Å². The molecule has 6 heteroatoms. The van der Waals surface area contributed by atoms with E-state index in [2.05, 4.69) is 55.4 Å². The van der Waals surface area contributed by atoms with Gasteiger partial charge in [0.1, 0.15) is 5.82 Å². The third-order valence-corrected chi connectivity index (χ3v) is 4.04. The second-order valence-electron chi connectivity index (χ2n) is 7.70. The van der Waals surface area contributed by atoms with Gasteiger partial charge in [-0.25, -0.2) is 0 Å². The van der Waals surface area contributed by atoms with Crippen molar-refractivity contribution in [1.29, 1.82) is 0 Å². The zero-order valence-electron chi connectivity index (χ0n) is 16.2. The number of fused-ring (bicyclic) bond motifs is 1. The summed E-state index contributed by atoms with van der Waals surface area (Å²) < 4.78 is 2.02. The largest absolute Gasteiger partial charge is 0.357 e. The molecule has 25 heavy (non-hydrogen) atoms. The Bertz CT molecular complexity index is 683. The molecule has 0 aliphatic rings. The Labute approximate surface area is 151 Å². The number of rotatable bonds is 7. The van der Waals surface area contributed by atoms with Crippen molar-refractivity contribution in [3.05, 3.63) is 30.2 Å². The summed E-state index contributed by atoms with van der Waals surface area (Å²) in [6, 6.07) is 6.32. The van der Waals surface area contributed by atoms with Crippen LogP contribution in [0.2, 0.25) is 0 Å². The Morgan fingerprint density at radius 1 is 1.28 bits per heavy atom. The van der Waals surface area contributed by atoms with Crippen LogP contribution in [0, 0.1) is 5.41 Å². The van der Waals surface area contributed by atoms with E-state index in [1.165, 1.54) is 6.42 Å². The van der Waals surface area contributed by atoms with Crippen molar-refractivity contribution in [2.75, 3.05) is 13.1 Å². The molecular formula is C19H32N6. The van der Waals surface area contributed by atoms with Gasteiger partial charge in [0.15, 0.2) is 11.6 Å². The Morgan fingerprint density at radius 3 is 2.80 bits per heavy atom. The maximum Gasteiger partial charge on any atom is 0.191 e. The summed E-state index contributed by atoms with van der Waals surface area (Å²) in [5.74, 6) is 1.81. The lowest BCUT2D eigenvalue weighted by Gasteiger charge is -2.23. The van der Waals surface area contributed by atoms with Crippen LogP contribution >= 0.6 is 0 Å². The molecule has 0 fully saturated rings. The molecule has 6 nitrogen and oxygen atoms in total. The first-order chi connectivity index (χ1) is 11.9. The van der Waals surface area contributed by atoms with Gasteiger partial charge in [0.05, 0.1) is 0 Å². The summed E-state index contributed by atoms with van der Waals surface area (Å²) in [6.07, 6.45) is 5.07. The molecule has 2 rings (SSSR count). The molecule has 0 aromatic carbocycles. The average Bonchev–Trinajstić information content (AvgIpc) is 2.96. The fourth-order valence-electron chi connectivity index (χ4n) is 2.60. The van der Waals surface area contributed by atoms with E-state index in [4.69, 9.17) is 4.99 Å². The minimum atomic E-state index is 0.361. The van der Waals surface area contributed by atoms with Crippen LogP contribution in [0.25, 0.3) is 5.65 Å². The number of aromatic nitrogens is 3. The van der Waals surface area contributed by atoms with Crippen LogP contribution in [-0.4, -0.2) is 39.7 Å². The van der Waals surface area contributed by atoms with Gasteiger partial charge in [-0.15, -0.1) is 10.2 Å².